The third-order valence-electron chi connectivity index (χ3n) is 3.11. The number of ketones is 1. The normalized spacial score (nSPS) is 10.7. The number of nitrogens with zero attached hydrogens (tertiary/aromatic N) is 1. The van der Waals surface area contributed by atoms with Gasteiger partial charge in [0.25, 0.3) is 0 Å². The molecule has 0 bridgehead atoms. The molecule has 0 saturated heterocycles. The van der Waals surface area contributed by atoms with E-state index in [1.165, 1.54) is 11.8 Å². The predicted octanol–water partition coefficient (Wildman–Crippen LogP) is 4.86. The fourth-order valence-electron chi connectivity index (χ4n) is 2.01. The van der Waals surface area contributed by atoms with Crippen molar-refractivity contribution in [2.45, 2.75) is 4.90 Å². The molecule has 0 unspecified atom stereocenters. The molecule has 0 aliphatic heterocycles. The third kappa shape index (κ3) is 3.26. The zero-order chi connectivity index (χ0) is 14.7. The number of thioether (sulfide) groups is 1. The summed E-state index contributed by atoms with van der Waals surface area (Å²) in [6, 6.07) is 17.2. The molecule has 0 amide bonds. The van der Waals surface area contributed by atoms with Crippen LogP contribution >= 0.6 is 23.4 Å². The van der Waals surface area contributed by atoms with E-state index in [0.717, 1.165) is 15.8 Å². The molecule has 2 nitrogen and oxygen atoms in total. The van der Waals surface area contributed by atoms with E-state index in [0.29, 0.717) is 16.3 Å². The van der Waals surface area contributed by atoms with Crippen LogP contribution in [-0.2, 0) is 0 Å². The summed E-state index contributed by atoms with van der Waals surface area (Å²) in [7, 11) is 0. The van der Waals surface area contributed by atoms with Gasteiger partial charge in [-0.1, -0.05) is 41.9 Å². The van der Waals surface area contributed by atoms with Gasteiger partial charge in [0.2, 0.25) is 0 Å². The van der Waals surface area contributed by atoms with Crippen LogP contribution < -0.4 is 0 Å². The number of para-hydroxylation sites is 1. The van der Waals surface area contributed by atoms with Gasteiger partial charge >= 0.3 is 0 Å². The number of hydrogen-bond acceptors (Lipinski definition) is 3. The lowest BCUT2D eigenvalue weighted by Gasteiger charge is -2.04. The Morgan fingerprint density at radius 3 is 2.71 bits per heavy atom. The Morgan fingerprint density at radius 1 is 1.10 bits per heavy atom. The quantitative estimate of drug-likeness (QED) is 0.509. The van der Waals surface area contributed by atoms with Gasteiger partial charge < -0.3 is 0 Å². The number of carbonyl (C=O) groups excluding carboxylic acids is 1. The summed E-state index contributed by atoms with van der Waals surface area (Å²) in [5.41, 5.74) is 1.53. The largest absolute Gasteiger partial charge is 0.293 e. The summed E-state index contributed by atoms with van der Waals surface area (Å²) in [6.07, 6.45) is 1.64. The number of halogens is 1. The summed E-state index contributed by atoms with van der Waals surface area (Å²) in [4.78, 5) is 17.5. The summed E-state index contributed by atoms with van der Waals surface area (Å²) >= 11 is 7.53. The Balaban J connectivity index is 1.76. The number of fused-ring (bicyclic) bond motifs is 1. The van der Waals surface area contributed by atoms with Crippen LogP contribution in [0.5, 0.6) is 0 Å². The molecule has 0 N–H and O–H groups in total. The van der Waals surface area contributed by atoms with Gasteiger partial charge in [-0.15, -0.1) is 11.8 Å². The van der Waals surface area contributed by atoms with E-state index >= 15 is 0 Å². The standard InChI is InChI=1S/C17H12ClNOS/c18-14-6-2-4-8-17(14)21-11-16(20)13-9-12-5-1-3-7-15(12)19-10-13/h1-10H,11H2. The van der Waals surface area contributed by atoms with E-state index in [9.17, 15) is 4.79 Å². The molecule has 0 radical (unpaired) electrons. The van der Waals surface area contributed by atoms with E-state index in [1.54, 1.807) is 6.20 Å². The maximum absolute atomic E-state index is 12.3. The lowest BCUT2D eigenvalue weighted by atomic mass is 10.1. The van der Waals surface area contributed by atoms with Gasteiger partial charge in [-0.2, -0.15) is 0 Å². The van der Waals surface area contributed by atoms with Gasteiger partial charge in [-0.25, -0.2) is 0 Å². The molecule has 0 aliphatic rings. The average Bonchev–Trinajstić information content (AvgIpc) is 2.53. The van der Waals surface area contributed by atoms with Crippen LogP contribution in [0.1, 0.15) is 10.4 Å². The zero-order valence-corrected chi connectivity index (χ0v) is 12.7. The van der Waals surface area contributed by atoms with Gasteiger partial charge in [0.1, 0.15) is 0 Å². The first-order valence-electron chi connectivity index (χ1n) is 6.49. The van der Waals surface area contributed by atoms with Gasteiger partial charge in [0.15, 0.2) is 5.78 Å². The highest BCUT2D eigenvalue weighted by molar-refractivity contribution is 8.00. The van der Waals surface area contributed by atoms with E-state index in [-0.39, 0.29) is 5.78 Å². The van der Waals surface area contributed by atoms with Gasteiger partial charge in [0.05, 0.1) is 16.3 Å². The summed E-state index contributed by atoms with van der Waals surface area (Å²) in [5.74, 6) is 0.405. The number of benzene rings is 2. The van der Waals surface area contributed by atoms with E-state index in [1.807, 2.05) is 54.6 Å². The van der Waals surface area contributed by atoms with Crippen LogP contribution in [0.15, 0.2) is 65.7 Å². The molecule has 0 aliphatic carbocycles. The average molecular weight is 314 g/mol. The number of pyridine rings is 1. The second-order valence-corrected chi connectivity index (χ2v) is 5.98. The topological polar surface area (TPSA) is 30.0 Å². The Hall–Kier alpha value is -1.84. The first-order valence-corrected chi connectivity index (χ1v) is 7.86. The first kappa shape index (κ1) is 14.1. The highest BCUT2D eigenvalue weighted by Crippen LogP contribution is 2.27. The minimum atomic E-state index is 0.0539. The van der Waals surface area contributed by atoms with Gasteiger partial charge in [-0.05, 0) is 24.3 Å². The Labute approximate surface area is 132 Å². The maximum Gasteiger partial charge on any atom is 0.174 e. The highest BCUT2D eigenvalue weighted by atomic mass is 35.5. The maximum atomic E-state index is 12.3. The Bertz CT molecular complexity index is 803. The lowest BCUT2D eigenvalue weighted by molar-refractivity contribution is 0.102. The minimum Gasteiger partial charge on any atom is -0.293 e. The van der Waals surface area contributed by atoms with Crippen LogP contribution in [0, 0.1) is 0 Å². The number of carbonyl (C=O) groups is 1. The molecule has 0 spiro atoms. The molecule has 3 rings (SSSR count). The van der Waals surface area contributed by atoms with Crippen molar-refractivity contribution in [2.24, 2.45) is 0 Å². The zero-order valence-electron chi connectivity index (χ0n) is 11.1. The fourth-order valence-corrected chi connectivity index (χ4v) is 3.15. The van der Waals surface area contributed by atoms with Crippen molar-refractivity contribution < 1.29 is 4.79 Å². The van der Waals surface area contributed by atoms with Crippen LogP contribution in [0.2, 0.25) is 5.02 Å². The van der Waals surface area contributed by atoms with Crippen molar-refractivity contribution in [1.29, 1.82) is 0 Å². The molecular formula is C17H12ClNOS. The van der Waals surface area contributed by atoms with Crippen molar-refractivity contribution >= 4 is 40.0 Å². The van der Waals surface area contributed by atoms with Gasteiger partial charge in [0, 0.05) is 22.0 Å². The SMILES string of the molecule is O=C(CSc1ccccc1Cl)c1cnc2ccccc2c1. The van der Waals surface area contributed by atoms with Crippen LogP contribution in [0.4, 0.5) is 0 Å². The molecule has 1 heterocycles. The second kappa shape index (κ2) is 6.29. The monoisotopic (exact) mass is 313 g/mol. The number of hydrogen-bond donors (Lipinski definition) is 0. The molecule has 104 valence electrons. The summed E-state index contributed by atoms with van der Waals surface area (Å²) in [6.45, 7) is 0. The first-order chi connectivity index (χ1) is 10.2. The summed E-state index contributed by atoms with van der Waals surface area (Å²) in [5, 5.41) is 1.65. The minimum absolute atomic E-state index is 0.0539. The molecule has 2 aromatic carbocycles. The second-order valence-electron chi connectivity index (χ2n) is 4.56. The van der Waals surface area contributed by atoms with Crippen molar-refractivity contribution in [2.75, 3.05) is 5.75 Å². The molecule has 1 aromatic heterocycles. The number of rotatable bonds is 4. The molecule has 3 aromatic rings. The van der Waals surface area contributed by atoms with E-state index in [2.05, 4.69) is 4.98 Å². The van der Waals surface area contributed by atoms with Crippen molar-refractivity contribution in [3.05, 3.63) is 71.4 Å². The number of aromatic nitrogens is 1. The molecule has 21 heavy (non-hydrogen) atoms. The Morgan fingerprint density at radius 2 is 1.86 bits per heavy atom. The molecule has 0 fully saturated rings. The van der Waals surface area contributed by atoms with Gasteiger partial charge in [-0.3, -0.25) is 9.78 Å². The van der Waals surface area contributed by atoms with Crippen LogP contribution in [0.3, 0.4) is 0 Å². The molecule has 0 atom stereocenters. The Kier molecular flexibility index (Phi) is 4.23. The van der Waals surface area contributed by atoms with Crippen molar-refractivity contribution in [3.8, 4) is 0 Å². The van der Waals surface area contributed by atoms with E-state index < -0.39 is 0 Å². The van der Waals surface area contributed by atoms with Crippen molar-refractivity contribution in [1.82, 2.24) is 4.98 Å². The highest BCUT2D eigenvalue weighted by Gasteiger charge is 2.09. The lowest BCUT2D eigenvalue weighted by Crippen LogP contribution is -2.03. The van der Waals surface area contributed by atoms with Crippen LogP contribution in [0.25, 0.3) is 10.9 Å². The van der Waals surface area contributed by atoms with Crippen LogP contribution in [-0.4, -0.2) is 16.5 Å². The smallest absolute Gasteiger partial charge is 0.174 e. The predicted molar refractivity (Wildman–Crippen MR) is 88.2 cm³/mol. The summed E-state index contributed by atoms with van der Waals surface area (Å²) < 4.78 is 0. The number of Topliss-reactive ketones (excluding diaryl/α,β-unsaturated/α-hetero) is 1. The molecule has 4 heteroatoms. The fraction of sp³-hybridized carbons (Fsp3) is 0.0588. The van der Waals surface area contributed by atoms with Crippen molar-refractivity contribution in [3.63, 3.8) is 0 Å². The molecular weight excluding hydrogens is 302 g/mol. The third-order valence-corrected chi connectivity index (χ3v) is 4.62. The van der Waals surface area contributed by atoms with E-state index in [4.69, 9.17) is 11.6 Å². The molecule has 0 saturated carbocycles.